The van der Waals surface area contributed by atoms with Crippen molar-refractivity contribution in [3.63, 3.8) is 0 Å². The van der Waals surface area contributed by atoms with Crippen LogP contribution in [-0.2, 0) is 14.3 Å². The van der Waals surface area contributed by atoms with E-state index in [0.717, 1.165) is 11.8 Å². The van der Waals surface area contributed by atoms with Crippen molar-refractivity contribution >= 4 is 11.8 Å². The summed E-state index contributed by atoms with van der Waals surface area (Å²) in [5.41, 5.74) is 0. The van der Waals surface area contributed by atoms with Crippen molar-refractivity contribution in [3.05, 3.63) is 0 Å². The van der Waals surface area contributed by atoms with Crippen LogP contribution in [0.15, 0.2) is 0 Å². The zero-order valence-corrected chi connectivity index (χ0v) is 15.4. The highest BCUT2D eigenvalue weighted by atomic mass is 16.5. The van der Waals surface area contributed by atoms with Crippen molar-refractivity contribution in [1.82, 2.24) is 10.6 Å². The number of carbonyl (C=O) groups is 2. The summed E-state index contributed by atoms with van der Waals surface area (Å²) in [5, 5.41) is 5.52. The molecule has 5 nitrogen and oxygen atoms in total. The average Bonchev–Trinajstić information content (AvgIpc) is 2.54. The van der Waals surface area contributed by atoms with E-state index in [9.17, 15) is 9.59 Å². The van der Waals surface area contributed by atoms with Gasteiger partial charge in [-0.2, -0.15) is 0 Å². The first kappa shape index (κ1) is 17.7. The van der Waals surface area contributed by atoms with Crippen LogP contribution in [0, 0.1) is 29.6 Å². The van der Waals surface area contributed by atoms with Crippen molar-refractivity contribution in [3.8, 4) is 0 Å². The van der Waals surface area contributed by atoms with Crippen LogP contribution < -0.4 is 10.6 Å². The van der Waals surface area contributed by atoms with Gasteiger partial charge in [-0.1, -0.05) is 13.8 Å². The standard InChI is InChI=1S/C19H32N2O3/c1-10(2)18(22)21-16(19(23)20-4)11(3)24-17-14-6-12-5-13(8-14)9-15(17)7-12/h10-17H,5-9H2,1-4H3,(H,20,23)(H,21,22). The monoisotopic (exact) mass is 336 g/mol. The minimum absolute atomic E-state index is 0.107. The molecule has 4 bridgehead atoms. The maximum Gasteiger partial charge on any atom is 0.245 e. The van der Waals surface area contributed by atoms with Crippen LogP contribution in [0.25, 0.3) is 0 Å². The van der Waals surface area contributed by atoms with Gasteiger partial charge in [-0.15, -0.1) is 0 Å². The number of carbonyl (C=O) groups excluding carboxylic acids is 2. The van der Waals surface area contributed by atoms with Crippen LogP contribution in [0.5, 0.6) is 0 Å². The molecule has 4 fully saturated rings. The summed E-state index contributed by atoms with van der Waals surface area (Å²) in [4.78, 5) is 24.3. The lowest BCUT2D eigenvalue weighted by atomic mass is 9.55. The molecule has 4 saturated carbocycles. The summed E-state index contributed by atoms with van der Waals surface area (Å²) in [6, 6.07) is -0.623. The van der Waals surface area contributed by atoms with Gasteiger partial charge in [-0.3, -0.25) is 9.59 Å². The van der Waals surface area contributed by atoms with Crippen LogP contribution in [0.1, 0.15) is 52.9 Å². The third-order valence-corrected chi connectivity index (χ3v) is 6.33. The molecule has 2 atom stereocenters. The normalized spacial score (nSPS) is 36.5. The van der Waals surface area contributed by atoms with E-state index in [1.165, 1.54) is 32.1 Å². The molecule has 136 valence electrons. The molecule has 0 aromatic rings. The van der Waals surface area contributed by atoms with Crippen LogP contribution in [-0.4, -0.2) is 37.1 Å². The van der Waals surface area contributed by atoms with Crippen LogP contribution in [0.2, 0.25) is 0 Å². The molecule has 5 heteroatoms. The maximum atomic E-state index is 12.3. The average molecular weight is 336 g/mol. The van der Waals surface area contributed by atoms with Gasteiger partial charge >= 0.3 is 0 Å². The second kappa shape index (κ2) is 7.03. The van der Waals surface area contributed by atoms with Gasteiger partial charge in [0.2, 0.25) is 11.8 Å². The Labute approximate surface area is 145 Å². The largest absolute Gasteiger partial charge is 0.372 e. The van der Waals surface area contributed by atoms with Crippen molar-refractivity contribution < 1.29 is 14.3 Å². The third kappa shape index (κ3) is 3.46. The molecule has 4 aliphatic carbocycles. The van der Waals surface area contributed by atoms with E-state index in [1.54, 1.807) is 7.05 Å². The van der Waals surface area contributed by atoms with Gasteiger partial charge in [-0.05, 0) is 62.7 Å². The zero-order valence-electron chi connectivity index (χ0n) is 15.4. The fourth-order valence-electron chi connectivity index (χ4n) is 5.30. The van der Waals surface area contributed by atoms with Crippen molar-refractivity contribution in [2.45, 2.75) is 71.1 Å². The van der Waals surface area contributed by atoms with E-state index in [4.69, 9.17) is 4.74 Å². The summed E-state index contributed by atoms with van der Waals surface area (Å²) < 4.78 is 6.42. The van der Waals surface area contributed by atoms with Gasteiger partial charge in [0.1, 0.15) is 6.04 Å². The molecule has 2 unspecified atom stereocenters. The summed E-state index contributed by atoms with van der Waals surface area (Å²) >= 11 is 0. The maximum absolute atomic E-state index is 12.3. The Kier molecular flexibility index (Phi) is 5.19. The van der Waals surface area contributed by atoms with Gasteiger partial charge in [0, 0.05) is 13.0 Å². The molecule has 0 aliphatic heterocycles. The predicted octanol–water partition coefficient (Wildman–Crippen LogP) is 2.10. The Morgan fingerprint density at radius 3 is 1.92 bits per heavy atom. The number of amides is 2. The minimum Gasteiger partial charge on any atom is -0.372 e. The molecule has 2 amide bonds. The zero-order chi connectivity index (χ0) is 17.4. The van der Waals surface area contributed by atoms with Crippen LogP contribution in [0.3, 0.4) is 0 Å². The van der Waals surface area contributed by atoms with Crippen molar-refractivity contribution in [1.29, 1.82) is 0 Å². The number of hydrogen-bond acceptors (Lipinski definition) is 3. The molecule has 0 aromatic heterocycles. The molecule has 0 spiro atoms. The lowest BCUT2D eigenvalue weighted by molar-refractivity contribution is -0.160. The van der Waals surface area contributed by atoms with E-state index in [2.05, 4.69) is 10.6 Å². The second-order valence-corrected chi connectivity index (χ2v) is 8.49. The Hall–Kier alpha value is -1.10. The molecule has 2 N–H and O–H groups in total. The molecule has 24 heavy (non-hydrogen) atoms. The number of hydrogen-bond donors (Lipinski definition) is 2. The first-order valence-corrected chi connectivity index (χ1v) is 9.56. The first-order chi connectivity index (χ1) is 11.4. The van der Waals surface area contributed by atoms with Gasteiger partial charge in [-0.25, -0.2) is 0 Å². The lowest BCUT2D eigenvalue weighted by Gasteiger charge is -2.54. The highest BCUT2D eigenvalue weighted by Gasteiger charge is 2.49. The first-order valence-electron chi connectivity index (χ1n) is 9.56. The van der Waals surface area contributed by atoms with E-state index < -0.39 is 6.04 Å². The smallest absolute Gasteiger partial charge is 0.245 e. The summed E-state index contributed by atoms with van der Waals surface area (Å²) in [5.74, 6) is 2.66. The molecular weight excluding hydrogens is 304 g/mol. The third-order valence-electron chi connectivity index (χ3n) is 6.33. The highest BCUT2D eigenvalue weighted by Crippen LogP contribution is 2.54. The van der Waals surface area contributed by atoms with Gasteiger partial charge < -0.3 is 15.4 Å². The van der Waals surface area contributed by atoms with E-state index >= 15 is 0 Å². The number of ether oxygens (including phenoxy) is 1. The Morgan fingerprint density at radius 1 is 0.917 bits per heavy atom. The number of rotatable bonds is 6. The van der Waals surface area contributed by atoms with Crippen molar-refractivity contribution in [2.75, 3.05) is 7.05 Å². The fraction of sp³-hybridized carbons (Fsp3) is 0.895. The Bertz CT molecular complexity index is 463. The van der Waals surface area contributed by atoms with E-state index in [1.807, 2.05) is 20.8 Å². The Balaban J connectivity index is 1.65. The van der Waals surface area contributed by atoms with Gasteiger partial charge in [0.05, 0.1) is 12.2 Å². The molecular formula is C19H32N2O3. The fourth-order valence-corrected chi connectivity index (χ4v) is 5.30. The minimum atomic E-state index is -0.623. The summed E-state index contributed by atoms with van der Waals surface area (Å²) in [6.07, 6.45) is 6.51. The quantitative estimate of drug-likeness (QED) is 0.780. The summed E-state index contributed by atoms with van der Waals surface area (Å²) in [7, 11) is 1.60. The summed E-state index contributed by atoms with van der Waals surface area (Å²) in [6.45, 7) is 5.59. The number of likely N-dealkylation sites (N-methyl/N-ethyl adjacent to an activating group) is 1. The molecule has 4 rings (SSSR count). The van der Waals surface area contributed by atoms with Gasteiger partial charge in [0.25, 0.3) is 0 Å². The molecule has 0 saturated heterocycles. The molecule has 0 aromatic carbocycles. The van der Waals surface area contributed by atoms with E-state index in [-0.39, 0.29) is 29.9 Å². The lowest BCUT2D eigenvalue weighted by Crippen LogP contribution is -2.56. The molecule has 4 aliphatic rings. The highest BCUT2D eigenvalue weighted by molar-refractivity contribution is 5.88. The SMILES string of the molecule is CNC(=O)C(NC(=O)C(C)C)C(C)OC1C2CC3CC(C2)CC1C3. The van der Waals surface area contributed by atoms with Crippen LogP contribution in [0.4, 0.5) is 0 Å². The Morgan fingerprint density at radius 2 is 1.46 bits per heavy atom. The molecule has 0 radical (unpaired) electrons. The number of nitrogens with one attached hydrogen (secondary N) is 2. The molecule has 0 heterocycles. The topological polar surface area (TPSA) is 67.4 Å². The predicted molar refractivity (Wildman–Crippen MR) is 92.2 cm³/mol. The van der Waals surface area contributed by atoms with Crippen molar-refractivity contribution in [2.24, 2.45) is 29.6 Å². The van der Waals surface area contributed by atoms with Gasteiger partial charge in [0.15, 0.2) is 0 Å². The van der Waals surface area contributed by atoms with E-state index in [0.29, 0.717) is 11.8 Å². The van der Waals surface area contributed by atoms with Crippen LogP contribution >= 0.6 is 0 Å². The second-order valence-electron chi connectivity index (χ2n) is 8.49.